The number of amides is 2. The molecule has 2 aliphatic rings. The molecule has 2 saturated heterocycles. The van der Waals surface area contributed by atoms with Crippen LogP contribution in [0.15, 0.2) is 24.3 Å². The first-order valence-corrected chi connectivity index (χ1v) is 8.70. The van der Waals surface area contributed by atoms with Gasteiger partial charge in [0.2, 0.25) is 11.8 Å². The summed E-state index contributed by atoms with van der Waals surface area (Å²) in [4.78, 5) is 40.1. The fourth-order valence-corrected chi connectivity index (χ4v) is 3.52. The summed E-state index contributed by atoms with van der Waals surface area (Å²) in [7, 11) is 1.62. The smallest absolute Gasteiger partial charge is 0.228 e. The maximum Gasteiger partial charge on any atom is 0.228 e. The maximum absolute atomic E-state index is 12.7. The van der Waals surface area contributed by atoms with Crippen LogP contribution in [0.5, 0.6) is 5.75 Å². The van der Waals surface area contributed by atoms with Crippen LogP contribution in [-0.4, -0.2) is 54.1 Å². The Balaban J connectivity index is 1.59. The fraction of sp³-hybridized carbons (Fsp3) is 0.526. The highest BCUT2D eigenvalue weighted by molar-refractivity contribution is 5.91. The van der Waals surface area contributed by atoms with Gasteiger partial charge in [-0.15, -0.1) is 0 Å². The average molecular weight is 344 g/mol. The molecule has 0 N–H and O–H groups in total. The second-order valence-electron chi connectivity index (χ2n) is 6.92. The molecule has 2 aliphatic heterocycles. The number of likely N-dealkylation sites (tertiary alicyclic amines) is 2. The first-order chi connectivity index (χ1) is 12.0. The molecule has 6 heteroatoms. The molecule has 2 amide bonds. The van der Waals surface area contributed by atoms with Crippen LogP contribution >= 0.6 is 0 Å². The van der Waals surface area contributed by atoms with E-state index >= 15 is 0 Å². The Labute approximate surface area is 147 Å². The summed E-state index contributed by atoms with van der Waals surface area (Å²) in [6, 6.07) is 7.59. The maximum atomic E-state index is 12.7. The topological polar surface area (TPSA) is 66.9 Å². The predicted octanol–water partition coefficient (Wildman–Crippen LogP) is 1.48. The van der Waals surface area contributed by atoms with Crippen molar-refractivity contribution in [1.29, 1.82) is 0 Å². The zero-order valence-corrected chi connectivity index (χ0v) is 14.7. The molecule has 6 nitrogen and oxygen atoms in total. The van der Waals surface area contributed by atoms with Crippen LogP contribution in [0.3, 0.4) is 0 Å². The van der Waals surface area contributed by atoms with Crippen LogP contribution in [0.4, 0.5) is 0 Å². The van der Waals surface area contributed by atoms with Crippen LogP contribution in [-0.2, 0) is 20.9 Å². The number of ether oxygens (including phenoxy) is 1. The van der Waals surface area contributed by atoms with Crippen LogP contribution in [0, 0.1) is 11.8 Å². The number of ketones is 1. The molecule has 3 rings (SSSR count). The first-order valence-electron chi connectivity index (χ1n) is 8.70. The number of methoxy groups -OCH3 is 1. The number of piperidine rings is 1. The van der Waals surface area contributed by atoms with Gasteiger partial charge in [-0.3, -0.25) is 14.4 Å². The summed E-state index contributed by atoms with van der Waals surface area (Å²) in [5.74, 6) is 0.600. The summed E-state index contributed by atoms with van der Waals surface area (Å²) >= 11 is 0. The summed E-state index contributed by atoms with van der Waals surface area (Å²) in [6.45, 7) is 3.76. The van der Waals surface area contributed by atoms with E-state index in [1.54, 1.807) is 16.9 Å². The molecule has 2 atom stereocenters. The number of benzene rings is 1. The predicted molar refractivity (Wildman–Crippen MR) is 91.9 cm³/mol. The molecule has 0 spiro atoms. The third-order valence-corrected chi connectivity index (χ3v) is 5.08. The molecule has 134 valence electrons. The first kappa shape index (κ1) is 17.5. The highest BCUT2D eigenvalue weighted by atomic mass is 16.5. The number of Topliss-reactive ketones (excluding diaryl/α,β-unsaturated/α-hetero) is 1. The summed E-state index contributed by atoms with van der Waals surface area (Å²) in [5, 5.41) is 0. The minimum Gasteiger partial charge on any atom is -0.497 e. The Morgan fingerprint density at radius 1 is 1.20 bits per heavy atom. The lowest BCUT2D eigenvalue weighted by molar-refractivity contribution is -0.140. The minimum atomic E-state index is -0.300. The monoisotopic (exact) mass is 344 g/mol. The Kier molecular flexibility index (Phi) is 5.06. The highest BCUT2D eigenvalue weighted by Crippen LogP contribution is 2.24. The van der Waals surface area contributed by atoms with Gasteiger partial charge in [0, 0.05) is 44.9 Å². The van der Waals surface area contributed by atoms with E-state index in [4.69, 9.17) is 4.74 Å². The Hall–Kier alpha value is -2.37. The third kappa shape index (κ3) is 3.83. The molecule has 0 aliphatic carbocycles. The third-order valence-electron chi connectivity index (χ3n) is 5.08. The van der Waals surface area contributed by atoms with Crippen LogP contribution < -0.4 is 4.74 Å². The van der Waals surface area contributed by atoms with Crippen LogP contribution in [0.25, 0.3) is 0 Å². The van der Waals surface area contributed by atoms with Crippen molar-refractivity contribution in [3.05, 3.63) is 29.8 Å². The van der Waals surface area contributed by atoms with Gasteiger partial charge in [0.15, 0.2) is 0 Å². The minimum absolute atomic E-state index is 0.00457. The zero-order valence-electron chi connectivity index (χ0n) is 14.7. The van der Waals surface area contributed by atoms with Gasteiger partial charge in [-0.05, 0) is 17.7 Å². The number of rotatable bonds is 4. The molecule has 1 aromatic rings. The number of carbonyl (C=O) groups is 3. The number of hydrogen-bond acceptors (Lipinski definition) is 4. The van der Waals surface area contributed by atoms with Gasteiger partial charge < -0.3 is 14.5 Å². The largest absolute Gasteiger partial charge is 0.497 e. The Bertz CT molecular complexity index is 671. The molecule has 1 aromatic carbocycles. The van der Waals surface area contributed by atoms with Gasteiger partial charge >= 0.3 is 0 Å². The van der Waals surface area contributed by atoms with E-state index in [0.29, 0.717) is 32.6 Å². The van der Waals surface area contributed by atoms with E-state index in [-0.39, 0.29) is 35.9 Å². The molecule has 0 saturated carbocycles. The van der Waals surface area contributed by atoms with E-state index in [1.807, 2.05) is 31.2 Å². The lowest BCUT2D eigenvalue weighted by Gasteiger charge is -2.31. The van der Waals surface area contributed by atoms with Gasteiger partial charge in [-0.25, -0.2) is 0 Å². The van der Waals surface area contributed by atoms with Crippen molar-refractivity contribution < 1.29 is 19.1 Å². The van der Waals surface area contributed by atoms with Gasteiger partial charge in [-0.1, -0.05) is 19.1 Å². The van der Waals surface area contributed by atoms with E-state index < -0.39 is 0 Å². The molecule has 0 aromatic heterocycles. The van der Waals surface area contributed by atoms with Crippen molar-refractivity contribution >= 4 is 17.6 Å². The van der Waals surface area contributed by atoms with Crippen LogP contribution in [0.2, 0.25) is 0 Å². The van der Waals surface area contributed by atoms with Crippen molar-refractivity contribution in [3.8, 4) is 5.75 Å². The fourth-order valence-electron chi connectivity index (χ4n) is 3.52. The Morgan fingerprint density at radius 2 is 1.92 bits per heavy atom. The molecule has 2 fully saturated rings. The van der Waals surface area contributed by atoms with Gasteiger partial charge in [0.05, 0.1) is 13.0 Å². The van der Waals surface area contributed by atoms with Crippen molar-refractivity contribution in [2.24, 2.45) is 11.8 Å². The summed E-state index contributed by atoms with van der Waals surface area (Å²) < 4.78 is 5.14. The van der Waals surface area contributed by atoms with Crippen molar-refractivity contribution in [1.82, 2.24) is 9.80 Å². The molecule has 2 heterocycles. The molecule has 0 radical (unpaired) electrons. The van der Waals surface area contributed by atoms with Gasteiger partial charge in [0.25, 0.3) is 0 Å². The van der Waals surface area contributed by atoms with E-state index in [1.165, 1.54) is 0 Å². The number of hydrogen-bond donors (Lipinski definition) is 0. The normalized spacial score (nSPS) is 23.9. The molecule has 0 bridgehead atoms. The van der Waals surface area contributed by atoms with Crippen molar-refractivity contribution in [2.45, 2.75) is 26.3 Å². The van der Waals surface area contributed by atoms with Crippen LogP contribution in [0.1, 0.15) is 25.3 Å². The Morgan fingerprint density at radius 3 is 2.56 bits per heavy atom. The van der Waals surface area contributed by atoms with Crippen molar-refractivity contribution in [2.75, 3.05) is 26.7 Å². The second-order valence-corrected chi connectivity index (χ2v) is 6.92. The lowest BCUT2D eigenvalue weighted by Crippen LogP contribution is -2.46. The average Bonchev–Trinajstić information content (AvgIpc) is 2.98. The quantitative estimate of drug-likeness (QED) is 0.830. The van der Waals surface area contributed by atoms with E-state index in [0.717, 1.165) is 11.3 Å². The standard InChI is InChI=1S/C19H24N2O4/c1-13-10-20(8-7-17(13)22)19(24)15-9-18(23)21(12-15)11-14-3-5-16(25-2)6-4-14/h3-6,13,15H,7-12H2,1-2H3/t13-,15-/m1/s1. The zero-order chi connectivity index (χ0) is 18.0. The highest BCUT2D eigenvalue weighted by Gasteiger charge is 2.38. The molecular formula is C19H24N2O4. The molecule has 0 unspecified atom stereocenters. The molecular weight excluding hydrogens is 320 g/mol. The van der Waals surface area contributed by atoms with E-state index in [9.17, 15) is 14.4 Å². The summed E-state index contributed by atoms with van der Waals surface area (Å²) in [6.07, 6.45) is 0.678. The number of nitrogens with zero attached hydrogens (tertiary/aromatic N) is 2. The SMILES string of the molecule is COc1ccc(CN2C[C@H](C(=O)N3CCC(=O)[C@H](C)C3)CC2=O)cc1. The molecule has 25 heavy (non-hydrogen) atoms. The van der Waals surface area contributed by atoms with E-state index in [2.05, 4.69) is 0 Å². The number of carbonyl (C=O) groups excluding carboxylic acids is 3. The summed E-state index contributed by atoms with van der Waals surface area (Å²) in [5.41, 5.74) is 1.01. The van der Waals surface area contributed by atoms with Gasteiger partial charge in [0.1, 0.15) is 11.5 Å². The lowest BCUT2D eigenvalue weighted by atomic mass is 9.96. The van der Waals surface area contributed by atoms with Crippen molar-refractivity contribution in [3.63, 3.8) is 0 Å². The van der Waals surface area contributed by atoms with Gasteiger partial charge in [-0.2, -0.15) is 0 Å². The second kappa shape index (κ2) is 7.25.